The summed E-state index contributed by atoms with van der Waals surface area (Å²) in [6, 6.07) is 7.82. The summed E-state index contributed by atoms with van der Waals surface area (Å²) in [6.07, 6.45) is 0. The minimum atomic E-state index is -0.0474. The summed E-state index contributed by atoms with van der Waals surface area (Å²) < 4.78 is 0. The van der Waals surface area contributed by atoms with Gasteiger partial charge >= 0.3 is 0 Å². The van der Waals surface area contributed by atoms with Gasteiger partial charge in [0.2, 0.25) is 0 Å². The number of carbonyl (C=O) groups is 1. The number of aryl methyl sites for hydroxylation is 1. The van der Waals surface area contributed by atoms with Crippen LogP contribution in [0, 0.1) is 6.92 Å². The van der Waals surface area contributed by atoms with Crippen molar-refractivity contribution in [3.8, 4) is 0 Å². The third-order valence-corrected chi connectivity index (χ3v) is 2.09. The normalized spacial score (nSPS) is 9.64. The van der Waals surface area contributed by atoms with Crippen molar-refractivity contribution in [2.45, 2.75) is 13.8 Å². The van der Waals surface area contributed by atoms with Gasteiger partial charge in [0.05, 0.1) is 0 Å². The van der Waals surface area contributed by atoms with Gasteiger partial charge in [-0.15, -0.1) is 0 Å². The van der Waals surface area contributed by atoms with E-state index < -0.39 is 0 Å². The molecule has 0 saturated carbocycles. The molecule has 2 heteroatoms. The highest BCUT2D eigenvalue weighted by atomic mass is 16.2. The lowest BCUT2D eigenvalue weighted by molar-refractivity contribution is -0.114. The highest BCUT2D eigenvalue weighted by molar-refractivity contribution is 6.04. The van der Waals surface area contributed by atoms with Crippen molar-refractivity contribution in [2.75, 3.05) is 11.9 Å². The predicted octanol–water partition coefficient (Wildman–Crippen LogP) is 2.53. The Hall–Kier alpha value is -1.57. The standard InChI is InChI=1S/C12H15NO/c1-9(2)12(14)13(4)11-7-5-10(3)6-8-11/h5-8H,1H2,2-4H3. The maximum absolute atomic E-state index is 11.6. The average Bonchev–Trinajstić information content (AvgIpc) is 2.16. The Bertz CT molecular complexity index is 351. The van der Waals surface area contributed by atoms with Gasteiger partial charge in [-0.1, -0.05) is 24.3 Å². The van der Waals surface area contributed by atoms with Gasteiger partial charge in [-0.05, 0) is 26.0 Å². The zero-order valence-corrected chi connectivity index (χ0v) is 8.87. The predicted molar refractivity (Wildman–Crippen MR) is 59.4 cm³/mol. The summed E-state index contributed by atoms with van der Waals surface area (Å²) in [5.74, 6) is -0.0474. The van der Waals surface area contributed by atoms with Gasteiger partial charge in [-0.25, -0.2) is 0 Å². The molecular formula is C12H15NO. The summed E-state index contributed by atoms with van der Waals surface area (Å²) in [5.41, 5.74) is 2.63. The second-order valence-corrected chi connectivity index (χ2v) is 3.48. The molecule has 0 heterocycles. The van der Waals surface area contributed by atoms with Crippen molar-refractivity contribution in [1.29, 1.82) is 0 Å². The van der Waals surface area contributed by atoms with Gasteiger partial charge in [0.25, 0.3) is 5.91 Å². The Kier molecular flexibility index (Phi) is 3.07. The van der Waals surface area contributed by atoms with Crippen LogP contribution in [-0.2, 0) is 4.79 Å². The third kappa shape index (κ3) is 2.22. The lowest BCUT2D eigenvalue weighted by atomic mass is 10.2. The SMILES string of the molecule is C=C(C)C(=O)N(C)c1ccc(C)cc1. The largest absolute Gasteiger partial charge is 0.312 e. The molecule has 2 nitrogen and oxygen atoms in total. The van der Waals surface area contributed by atoms with Crippen molar-refractivity contribution in [3.05, 3.63) is 42.0 Å². The fourth-order valence-electron chi connectivity index (χ4n) is 1.17. The fraction of sp³-hybridized carbons (Fsp3) is 0.250. The first-order chi connectivity index (χ1) is 6.52. The minimum absolute atomic E-state index is 0.0474. The fourth-order valence-corrected chi connectivity index (χ4v) is 1.17. The molecule has 1 rings (SSSR count). The summed E-state index contributed by atoms with van der Waals surface area (Å²) in [7, 11) is 1.75. The van der Waals surface area contributed by atoms with E-state index in [0.717, 1.165) is 5.69 Å². The molecule has 0 aliphatic rings. The zero-order valence-electron chi connectivity index (χ0n) is 8.87. The molecule has 74 valence electrons. The lowest BCUT2D eigenvalue weighted by Crippen LogP contribution is -2.26. The Balaban J connectivity index is 2.89. The second-order valence-electron chi connectivity index (χ2n) is 3.48. The maximum atomic E-state index is 11.6. The van der Waals surface area contributed by atoms with E-state index in [1.807, 2.05) is 31.2 Å². The van der Waals surface area contributed by atoms with Crippen LogP contribution in [0.25, 0.3) is 0 Å². The Morgan fingerprint density at radius 3 is 2.21 bits per heavy atom. The first-order valence-corrected chi connectivity index (χ1v) is 4.52. The quantitative estimate of drug-likeness (QED) is 0.655. The molecule has 0 aromatic heterocycles. The van der Waals surface area contributed by atoms with Crippen LogP contribution in [0.15, 0.2) is 36.4 Å². The molecule has 0 saturated heterocycles. The molecule has 0 atom stereocenters. The molecule has 0 unspecified atom stereocenters. The third-order valence-electron chi connectivity index (χ3n) is 2.09. The highest BCUT2D eigenvalue weighted by Crippen LogP contribution is 2.14. The summed E-state index contributed by atoms with van der Waals surface area (Å²) in [5, 5.41) is 0. The van der Waals surface area contributed by atoms with Crippen LogP contribution in [0.4, 0.5) is 5.69 Å². The molecular weight excluding hydrogens is 174 g/mol. The van der Waals surface area contributed by atoms with E-state index in [9.17, 15) is 4.79 Å². The van der Waals surface area contributed by atoms with Crippen molar-refractivity contribution in [2.24, 2.45) is 0 Å². The van der Waals surface area contributed by atoms with Gasteiger partial charge in [-0.3, -0.25) is 4.79 Å². The molecule has 0 radical (unpaired) electrons. The van der Waals surface area contributed by atoms with E-state index in [-0.39, 0.29) is 5.91 Å². The molecule has 0 fully saturated rings. The number of benzene rings is 1. The molecule has 1 amide bonds. The molecule has 0 spiro atoms. The number of hydrogen-bond donors (Lipinski definition) is 0. The van der Waals surface area contributed by atoms with Crippen LogP contribution in [0.5, 0.6) is 0 Å². The summed E-state index contributed by atoms with van der Waals surface area (Å²) >= 11 is 0. The van der Waals surface area contributed by atoms with Gasteiger partial charge in [0.15, 0.2) is 0 Å². The number of nitrogens with zero attached hydrogens (tertiary/aromatic N) is 1. The van der Waals surface area contributed by atoms with Crippen molar-refractivity contribution in [3.63, 3.8) is 0 Å². The Morgan fingerprint density at radius 2 is 1.79 bits per heavy atom. The number of amides is 1. The first kappa shape index (κ1) is 10.5. The number of hydrogen-bond acceptors (Lipinski definition) is 1. The Morgan fingerprint density at radius 1 is 1.29 bits per heavy atom. The number of carbonyl (C=O) groups excluding carboxylic acids is 1. The topological polar surface area (TPSA) is 20.3 Å². The van der Waals surface area contributed by atoms with E-state index in [1.54, 1.807) is 18.9 Å². The van der Waals surface area contributed by atoms with Crippen molar-refractivity contribution in [1.82, 2.24) is 0 Å². The van der Waals surface area contributed by atoms with Crippen LogP contribution in [0.3, 0.4) is 0 Å². The van der Waals surface area contributed by atoms with E-state index in [1.165, 1.54) is 5.56 Å². The molecule has 0 N–H and O–H groups in total. The number of rotatable bonds is 2. The van der Waals surface area contributed by atoms with E-state index in [0.29, 0.717) is 5.57 Å². The molecule has 0 bridgehead atoms. The van der Waals surface area contributed by atoms with E-state index >= 15 is 0 Å². The van der Waals surface area contributed by atoms with Crippen LogP contribution in [-0.4, -0.2) is 13.0 Å². The van der Waals surface area contributed by atoms with Gasteiger partial charge in [0.1, 0.15) is 0 Å². The minimum Gasteiger partial charge on any atom is -0.312 e. The smallest absolute Gasteiger partial charge is 0.253 e. The molecule has 0 aliphatic heterocycles. The van der Waals surface area contributed by atoms with Gasteiger partial charge < -0.3 is 4.90 Å². The van der Waals surface area contributed by atoms with Crippen molar-refractivity contribution < 1.29 is 4.79 Å². The van der Waals surface area contributed by atoms with Crippen LogP contribution in [0.2, 0.25) is 0 Å². The first-order valence-electron chi connectivity index (χ1n) is 4.52. The Labute approximate surface area is 84.9 Å². The van der Waals surface area contributed by atoms with Crippen molar-refractivity contribution >= 4 is 11.6 Å². The van der Waals surface area contributed by atoms with Crippen LogP contribution in [0.1, 0.15) is 12.5 Å². The second kappa shape index (κ2) is 4.09. The molecule has 0 aliphatic carbocycles. The zero-order chi connectivity index (χ0) is 10.7. The van der Waals surface area contributed by atoms with Gasteiger partial charge in [-0.2, -0.15) is 0 Å². The number of anilines is 1. The monoisotopic (exact) mass is 189 g/mol. The van der Waals surface area contributed by atoms with E-state index in [2.05, 4.69) is 6.58 Å². The average molecular weight is 189 g/mol. The molecule has 14 heavy (non-hydrogen) atoms. The van der Waals surface area contributed by atoms with Gasteiger partial charge in [0, 0.05) is 18.3 Å². The lowest BCUT2D eigenvalue weighted by Gasteiger charge is -2.17. The highest BCUT2D eigenvalue weighted by Gasteiger charge is 2.10. The summed E-state index contributed by atoms with van der Waals surface area (Å²) in [4.78, 5) is 13.2. The number of likely N-dealkylation sites (N-methyl/N-ethyl adjacent to an activating group) is 1. The molecule has 1 aromatic rings. The van der Waals surface area contributed by atoms with Crippen LogP contribution >= 0.6 is 0 Å². The maximum Gasteiger partial charge on any atom is 0.253 e. The van der Waals surface area contributed by atoms with E-state index in [4.69, 9.17) is 0 Å². The molecule has 1 aromatic carbocycles. The van der Waals surface area contributed by atoms with Crippen LogP contribution < -0.4 is 4.90 Å². The summed E-state index contributed by atoms with van der Waals surface area (Å²) in [6.45, 7) is 7.36.